The maximum absolute atomic E-state index is 6.32. The number of benzene rings is 8. The molecule has 0 bridgehead atoms. The third kappa shape index (κ3) is 4.96. The molecule has 0 saturated carbocycles. The summed E-state index contributed by atoms with van der Waals surface area (Å²) in [7, 11) is 0. The van der Waals surface area contributed by atoms with E-state index in [1.165, 1.54) is 0 Å². The van der Waals surface area contributed by atoms with Crippen LogP contribution in [0, 0.1) is 0 Å². The molecule has 0 unspecified atom stereocenters. The van der Waals surface area contributed by atoms with Crippen LogP contribution in [0.1, 0.15) is 0 Å². The van der Waals surface area contributed by atoms with Gasteiger partial charge in [0.2, 0.25) is 0 Å². The van der Waals surface area contributed by atoms with Gasteiger partial charge >= 0.3 is 0 Å². The summed E-state index contributed by atoms with van der Waals surface area (Å²) >= 11 is 0. The molecule has 0 spiro atoms. The van der Waals surface area contributed by atoms with E-state index in [1.54, 1.807) is 4.80 Å². The van der Waals surface area contributed by atoms with Gasteiger partial charge in [-0.25, -0.2) is 9.97 Å². The van der Waals surface area contributed by atoms with E-state index in [1.807, 2.05) is 60.7 Å². The van der Waals surface area contributed by atoms with Gasteiger partial charge in [-0.15, -0.1) is 10.2 Å². The first-order valence-electron chi connectivity index (χ1n) is 18.0. The molecule has 0 radical (unpaired) electrons. The Bertz CT molecular complexity index is 3220. The number of furan rings is 1. The number of fused-ring (bicyclic) bond motifs is 8. The second-order valence-corrected chi connectivity index (χ2v) is 13.5. The van der Waals surface area contributed by atoms with Gasteiger partial charge in [0.25, 0.3) is 0 Å². The Morgan fingerprint density at radius 1 is 0.426 bits per heavy atom. The van der Waals surface area contributed by atoms with Crippen LogP contribution < -0.4 is 0 Å². The van der Waals surface area contributed by atoms with Crippen LogP contribution >= 0.6 is 0 Å². The van der Waals surface area contributed by atoms with Crippen LogP contribution in [0.3, 0.4) is 0 Å². The first-order valence-corrected chi connectivity index (χ1v) is 18.0. The van der Waals surface area contributed by atoms with Crippen LogP contribution in [-0.2, 0) is 0 Å². The Labute approximate surface area is 309 Å². The van der Waals surface area contributed by atoms with Crippen molar-refractivity contribution in [1.82, 2.24) is 25.0 Å². The molecule has 252 valence electrons. The highest BCUT2D eigenvalue weighted by Crippen LogP contribution is 2.38. The quantitative estimate of drug-likeness (QED) is 0.168. The van der Waals surface area contributed by atoms with Crippen LogP contribution in [0.4, 0.5) is 0 Å². The molecule has 3 heterocycles. The summed E-state index contributed by atoms with van der Waals surface area (Å²) in [6.07, 6.45) is 0. The molecule has 0 N–H and O–H groups in total. The van der Waals surface area contributed by atoms with Crippen molar-refractivity contribution in [2.75, 3.05) is 0 Å². The Morgan fingerprint density at radius 3 is 2.00 bits per heavy atom. The van der Waals surface area contributed by atoms with Crippen molar-refractivity contribution in [3.8, 4) is 50.7 Å². The van der Waals surface area contributed by atoms with E-state index >= 15 is 0 Å². The van der Waals surface area contributed by atoms with Crippen molar-refractivity contribution < 1.29 is 4.42 Å². The molecule has 0 aliphatic carbocycles. The van der Waals surface area contributed by atoms with E-state index < -0.39 is 0 Å². The molecular weight excluding hydrogens is 663 g/mol. The number of aromatic nitrogens is 5. The molecule has 6 heteroatoms. The third-order valence-electron chi connectivity index (χ3n) is 10.3. The summed E-state index contributed by atoms with van der Waals surface area (Å²) in [6, 6.07) is 60.5. The Balaban J connectivity index is 1.14. The number of hydrogen-bond donors (Lipinski definition) is 0. The van der Waals surface area contributed by atoms with E-state index in [0.717, 1.165) is 99.4 Å². The van der Waals surface area contributed by atoms with E-state index in [4.69, 9.17) is 24.6 Å². The predicted octanol–water partition coefficient (Wildman–Crippen LogP) is 12.1. The second kappa shape index (κ2) is 12.1. The maximum Gasteiger partial charge on any atom is 0.160 e. The topological polar surface area (TPSA) is 69.6 Å². The first kappa shape index (κ1) is 30.2. The average molecular weight is 692 g/mol. The zero-order chi connectivity index (χ0) is 35.6. The Morgan fingerprint density at radius 2 is 1.11 bits per heavy atom. The van der Waals surface area contributed by atoms with Crippen LogP contribution in [0.15, 0.2) is 180 Å². The number of nitrogens with zero attached hydrogens (tertiary/aromatic N) is 5. The Hall–Kier alpha value is -7.44. The summed E-state index contributed by atoms with van der Waals surface area (Å²) in [5.41, 5.74) is 11.1. The molecule has 0 aliphatic rings. The first-order chi connectivity index (χ1) is 26.7. The van der Waals surface area contributed by atoms with E-state index in [9.17, 15) is 0 Å². The lowest BCUT2D eigenvalue weighted by Crippen LogP contribution is -1.97. The fraction of sp³-hybridized carbons (Fsp3) is 0. The zero-order valence-corrected chi connectivity index (χ0v) is 28.9. The predicted molar refractivity (Wildman–Crippen MR) is 218 cm³/mol. The highest BCUT2D eigenvalue weighted by atomic mass is 16.3. The van der Waals surface area contributed by atoms with E-state index in [-0.39, 0.29) is 0 Å². The summed E-state index contributed by atoms with van der Waals surface area (Å²) in [4.78, 5) is 12.3. The largest absolute Gasteiger partial charge is 0.456 e. The highest BCUT2D eigenvalue weighted by Gasteiger charge is 2.17. The lowest BCUT2D eigenvalue weighted by atomic mass is 9.96. The minimum atomic E-state index is 0.633. The van der Waals surface area contributed by atoms with Crippen LogP contribution in [-0.4, -0.2) is 25.0 Å². The fourth-order valence-electron chi connectivity index (χ4n) is 7.66. The van der Waals surface area contributed by atoms with Crippen LogP contribution in [0.5, 0.6) is 0 Å². The number of rotatable bonds is 5. The minimum absolute atomic E-state index is 0.633. The molecule has 0 aliphatic heterocycles. The van der Waals surface area contributed by atoms with Gasteiger partial charge in [-0.1, -0.05) is 127 Å². The van der Waals surface area contributed by atoms with Crippen molar-refractivity contribution in [2.45, 2.75) is 0 Å². The number of para-hydroxylation sites is 2. The van der Waals surface area contributed by atoms with Gasteiger partial charge in [0, 0.05) is 32.8 Å². The average Bonchev–Trinajstić information content (AvgIpc) is 3.86. The van der Waals surface area contributed by atoms with Crippen LogP contribution in [0.2, 0.25) is 0 Å². The molecule has 3 aromatic heterocycles. The third-order valence-corrected chi connectivity index (χ3v) is 10.3. The van der Waals surface area contributed by atoms with Gasteiger partial charge in [-0.05, 0) is 75.8 Å². The smallest absolute Gasteiger partial charge is 0.160 e. The van der Waals surface area contributed by atoms with Gasteiger partial charge in [-0.3, -0.25) is 0 Å². The van der Waals surface area contributed by atoms with Crippen molar-refractivity contribution in [3.05, 3.63) is 176 Å². The molecule has 11 aromatic rings. The molecule has 8 aromatic carbocycles. The molecule has 54 heavy (non-hydrogen) atoms. The molecule has 0 atom stereocenters. The molecule has 0 amide bonds. The lowest BCUT2D eigenvalue weighted by Gasteiger charge is -2.13. The van der Waals surface area contributed by atoms with E-state index in [2.05, 4.69) is 115 Å². The molecule has 6 nitrogen and oxygen atoms in total. The summed E-state index contributed by atoms with van der Waals surface area (Å²) in [5, 5.41) is 16.4. The molecule has 0 fully saturated rings. The lowest BCUT2D eigenvalue weighted by molar-refractivity contribution is 0.669. The normalized spacial score (nSPS) is 11.7. The highest BCUT2D eigenvalue weighted by molar-refractivity contribution is 6.19. The van der Waals surface area contributed by atoms with Crippen molar-refractivity contribution in [2.24, 2.45) is 0 Å². The molecular formula is C48H29N5O. The molecule has 0 saturated heterocycles. The zero-order valence-electron chi connectivity index (χ0n) is 28.9. The van der Waals surface area contributed by atoms with Gasteiger partial charge in [0.05, 0.1) is 17.1 Å². The van der Waals surface area contributed by atoms with Crippen molar-refractivity contribution >= 4 is 54.5 Å². The van der Waals surface area contributed by atoms with Crippen molar-refractivity contribution in [1.29, 1.82) is 0 Å². The van der Waals surface area contributed by atoms with Gasteiger partial charge in [0.1, 0.15) is 22.2 Å². The van der Waals surface area contributed by atoms with Crippen LogP contribution in [0.25, 0.3) is 105 Å². The van der Waals surface area contributed by atoms with Gasteiger partial charge < -0.3 is 4.42 Å². The van der Waals surface area contributed by atoms with E-state index in [0.29, 0.717) is 5.82 Å². The minimum Gasteiger partial charge on any atom is -0.456 e. The standard InChI is InChI=1S/C48H29N5O/c1-3-11-30(12-4-1)36-15-7-8-16-37(36)43-29-42(33-23-25-39-38-17-9-10-18-44(38)54-45(39)28-33)49-48(50-43)34-22-20-31-19-21-32-24-26-41-47(46(32)40(31)27-34)52-53(51-41)35-13-5-2-6-14-35/h1-29H. The van der Waals surface area contributed by atoms with Crippen molar-refractivity contribution in [3.63, 3.8) is 0 Å². The van der Waals surface area contributed by atoms with Gasteiger partial charge in [-0.2, -0.15) is 4.80 Å². The van der Waals surface area contributed by atoms with Gasteiger partial charge in [0.15, 0.2) is 5.82 Å². The molecule has 11 rings (SSSR count). The monoisotopic (exact) mass is 691 g/mol. The number of hydrogen-bond acceptors (Lipinski definition) is 5. The summed E-state index contributed by atoms with van der Waals surface area (Å²) in [6.45, 7) is 0. The fourth-order valence-corrected chi connectivity index (χ4v) is 7.66. The summed E-state index contributed by atoms with van der Waals surface area (Å²) in [5.74, 6) is 0.633. The second-order valence-electron chi connectivity index (χ2n) is 13.5. The maximum atomic E-state index is 6.32. The Kier molecular flexibility index (Phi) is 6.75. The summed E-state index contributed by atoms with van der Waals surface area (Å²) < 4.78 is 6.32. The SMILES string of the molecule is c1ccc(-c2ccccc2-c2cc(-c3ccc4c(c3)oc3ccccc34)nc(-c3ccc4ccc5ccc6nn(-c7ccccc7)nc6c5c4c3)n2)cc1.